The van der Waals surface area contributed by atoms with E-state index in [2.05, 4.69) is 5.32 Å². The number of nitrogens with one attached hydrogen (secondary N) is 1. The Balaban J connectivity index is 1.60. The van der Waals surface area contributed by atoms with Gasteiger partial charge >= 0.3 is 5.97 Å². The van der Waals surface area contributed by atoms with E-state index in [1.54, 1.807) is 55.5 Å². The number of hydrogen-bond donors (Lipinski definition) is 1. The maximum absolute atomic E-state index is 13.3. The maximum atomic E-state index is 13.3. The van der Waals surface area contributed by atoms with Gasteiger partial charge in [0.05, 0.1) is 23.3 Å². The molecule has 0 bridgehead atoms. The molecule has 3 aromatic rings. The van der Waals surface area contributed by atoms with E-state index < -0.39 is 29.7 Å². The van der Waals surface area contributed by atoms with Gasteiger partial charge in [-0.1, -0.05) is 42.5 Å². The highest BCUT2D eigenvalue weighted by Crippen LogP contribution is 2.26. The molecular weight excluding hydrogens is 420 g/mol. The van der Waals surface area contributed by atoms with Crippen LogP contribution in [0.3, 0.4) is 0 Å². The molecule has 0 spiro atoms. The van der Waals surface area contributed by atoms with E-state index in [0.717, 1.165) is 10.5 Å². The number of esters is 1. The molecule has 3 aromatic carbocycles. The lowest BCUT2D eigenvalue weighted by Crippen LogP contribution is -2.48. The van der Waals surface area contributed by atoms with E-state index in [0.29, 0.717) is 11.3 Å². The van der Waals surface area contributed by atoms with Gasteiger partial charge in [-0.2, -0.15) is 0 Å². The zero-order valence-electron chi connectivity index (χ0n) is 18.0. The van der Waals surface area contributed by atoms with Gasteiger partial charge in [-0.25, -0.2) is 4.79 Å². The number of hydrogen-bond acceptors (Lipinski definition) is 5. The fourth-order valence-electron chi connectivity index (χ4n) is 3.76. The summed E-state index contributed by atoms with van der Waals surface area (Å²) in [5.74, 6) is -1.95. The van der Waals surface area contributed by atoms with Crippen molar-refractivity contribution in [1.29, 1.82) is 0 Å². The lowest BCUT2D eigenvalue weighted by Gasteiger charge is -2.25. The Hall–Kier alpha value is -4.26. The van der Waals surface area contributed by atoms with Gasteiger partial charge in [0.1, 0.15) is 6.04 Å². The van der Waals surface area contributed by atoms with Gasteiger partial charge < -0.3 is 10.1 Å². The van der Waals surface area contributed by atoms with E-state index in [4.69, 9.17) is 4.74 Å². The van der Waals surface area contributed by atoms with Crippen LogP contribution >= 0.6 is 0 Å². The third-order valence-corrected chi connectivity index (χ3v) is 5.38. The molecule has 0 unspecified atom stereocenters. The molecule has 1 heterocycles. The number of nitrogens with zero attached hydrogens (tertiary/aromatic N) is 1. The normalized spacial score (nSPS) is 13.4. The second kappa shape index (κ2) is 9.48. The van der Waals surface area contributed by atoms with Crippen molar-refractivity contribution in [3.8, 4) is 0 Å². The summed E-state index contributed by atoms with van der Waals surface area (Å²) in [6.45, 7) is 1.98. The number of benzene rings is 3. The first-order chi connectivity index (χ1) is 16.0. The molecule has 0 aliphatic carbocycles. The molecule has 1 N–H and O–H groups in total. The molecule has 0 radical (unpaired) electrons. The average molecular weight is 442 g/mol. The van der Waals surface area contributed by atoms with Gasteiger partial charge in [-0.3, -0.25) is 19.3 Å². The number of fused-ring (bicyclic) bond motifs is 1. The Labute approximate surface area is 191 Å². The number of ether oxygens (including phenoxy) is 1. The highest BCUT2D eigenvalue weighted by Gasteiger charge is 2.42. The van der Waals surface area contributed by atoms with E-state index in [-0.39, 0.29) is 24.2 Å². The van der Waals surface area contributed by atoms with Crippen LogP contribution < -0.4 is 5.32 Å². The summed E-state index contributed by atoms with van der Waals surface area (Å²) >= 11 is 0. The number of carbonyl (C=O) groups is 4. The number of imide groups is 1. The number of carbonyl (C=O) groups excluding carboxylic acids is 4. The van der Waals surface area contributed by atoms with Crippen LogP contribution in [0, 0.1) is 0 Å². The first-order valence-electron chi connectivity index (χ1n) is 10.6. The van der Waals surface area contributed by atoms with E-state index in [1.165, 1.54) is 0 Å². The van der Waals surface area contributed by atoms with Crippen LogP contribution in [0.2, 0.25) is 0 Å². The monoisotopic (exact) mass is 442 g/mol. The molecule has 1 aliphatic rings. The SMILES string of the molecule is CCOC(=O)c1ccc(NC(=O)[C@@H](Cc2ccccc2)N2C(=O)c3ccccc3C2=O)cc1. The molecule has 0 aromatic heterocycles. The largest absolute Gasteiger partial charge is 0.462 e. The van der Waals surface area contributed by atoms with Crippen LogP contribution in [-0.2, 0) is 16.0 Å². The predicted octanol–water partition coefficient (Wildman–Crippen LogP) is 3.71. The van der Waals surface area contributed by atoms with Crippen LogP contribution in [0.15, 0.2) is 78.9 Å². The van der Waals surface area contributed by atoms with Crippen molar-refractivity contribution >= 4 is 29.4 Å². The van der Waals surface area contributed by atoms with Crippen molar-refractivity contribution in [2.75, 3.05) is 11.9 Å². The van der Waals surface area contributed by atoms with Gasteiger partial charge in [0.15, 0.2) is 0 Å². The molecule has 7 nitrogen and oxygen atoms in total. The van der Waals surface area contributed by atoms with Crippen molar-refractivity contribution in [1.82, 2.24) is 4.90 Å². The lowest BCUT2D eigenvalue weighted by atomic mass is 10.0. The second-order valence-electron chi connectivity index (χ2n) is 7.52. The van der Waals surface area contributed by atoms with Crippen LogP contribution in [0.1, 0.15) is 43.6 Å². The molecule has 166 valence electrons. The molecule has 4 rings (SSSR count). The van der Waals surface area contributed by atoms with Crippen molar-refractivity contribution in [3.05, 3.63) is 101 Å². The molecule has 0 saturated heterocycles. The van der Waals surface area contributed by atoms with E-state index in [1.807, 2.05) is 30.3 Å². The molecule has 0 saturated carbocycles. The van der Waals surface area contributed by atoms with Crippen LogP contribution in [0.5, 0.6) is 0 Å². The molecule has 7 heteroatoms. The number of anilines is 1. The summed E-state index contributed by atoms with van der Waals surface area (Å²) in [5.41, 5.74) is 2.17. The second-order valence-corrected chi connectivity index (χ2v) is 7.52. The quantitative estimate of drug-likeness (QED) is 0.445. The lowest BCUT2D eigenvalue weighted by molar-refractivity contribution is -0.119. The molecule has 33 heavy (non-hydrogen) atoms. The smallest absolute Gasteiger partial charge is 0.338 e. The molecule has 0 fully saturated rings. The van der Waals surface area contributed by atoms with Crippen molar-refractivity contribution in [2.24, 2.45) is 0 Å². The summed E-state index contributed by atoms with van der Waals surface area (Å²) < 4.78 is 4.97. The Kier molecular flexibility index (Phi) is 6.31. The highest BCUT2D eigenvalue weighted by atomic mass is 16.5. The van der Waals surface area contributed by atoms with Crippen molar-refractivity contribution in [3.63, 3.8) is 0 Å². The topological polar surface area (TPSA) is 92.8 Å². The van der Waals surface area contributed by atoms with Gasteiger partial charge in [0, 0.05) is 12.1 Å². The first-order valence-corrected chi connectivity index (χ1v) is 10.6. The first kappa shape index (κ1) is 22.0. The molecule has 1 atom stereocenters. The zero-order valence-corrected chi connectivity index (χ0v) is 18.0. The standard InChI is InChI=1S/C26H22N2O5/c1-2-33-26(32)18-12-14-19(15-13-18)27-23(29)22(16-17-8-4-3-5-9-17)28-24(30)20-10-6-7-11-21(20)25(28)31/h3-15,22H,2,16H2,1H3,(H,27,29)/t22-/m1/s1. The summed E-state index contributed by atoms with van der Waals surface area (Å²) in [5, 5.41) is 2.77. The summed E-state index contributed by atoms with van der Waals surface area (Å²) in [4.78, 5) is 52.3. The zero-order chi connectivity index (χ0) is 23.4. The predicted molar refractivity (Wildman–Crippen MR) is 122 cm³/mol. The Morgan fingerprint density at radius 3 is 2.00 bits per heavy atom. The van der Waals surface area contributed by atoms with Gasteiger partial charge in [0.25, 0.3) is 11.8 Å². The Morgan fingerprint density at radius 1 is 0.848 bits per heavy atom. The minimum Gasteiger partial charge on any atom is -0.462 e. The molecular formula is C26H22N2O5. The fraction of sp³-hybridized carbons (Fsp3) is 0.154. The Bertz CT molecular complexity index is 1170. The van der Waals surface area contributed by atoms with Crippen LogP contribution in [-0.4, -0.2) is 41.2 Å². The van der Waals surface area contributed by atoms with Crippen LogP contribution in [0.4, 0.5) is 5.69 Å². The van der Waals surface area contributed by atoms with Gasteiger partial charge in [0.2, 0.25) is 5.91 Å². The minimum atomic E-state index is -1.05. The van der Waals surface area contributed by atoms with Crippen molar-refractivity contribution < 1.29 is 23.9 Å². The van der Waals surface area contributed by atoms with E-state index >= 15 is 0 Å². The molecule has 1 aliphatic heterocycles. The number of rotatable bonds is 7. The Morgan fingerprint density at radius 2 is 1.42 bits per heavy atom. The average Bonchev–Trinajstić information content (AvgIpc) is 3.09. The highest BCUT2D eigenvalue weighted by molar-refractivity contribution is 6.23. The molecule has 3 amide bonds. The summed E-state index contributed by atoms with van der Waals surface area (Å²) in [6, 6.07) is 20.9. The van der Waals surface area contributed by atoms with E-state index in [9.17, 15) is 19.2 Å². The van der Waals surface area contributed by atoms with Gasteiger partial charge in [-0.15, -0.1) is 0 Å². The minimum absolute atomic E-state index is 0.166. The third-order valence-electron chi connectivity index (χ3n) is 5.38. The summed E-state index contributed by atoms with van der Waals surface area (Å²) in [7, 11) is 0. The van der Waals surface area contributed by atoms with Crippen molar-refractivity contribution in [2.45, 2.75) is 19.4 Å². The van der Waals surface area contributed by atoms with Crippen LogP contribution in [0.25, 0.3) is 0 Å². The number of amides is 3. The third kappa shape index (κ3) is 4.52. The fourth-order valence-corrected chi connectivity index (χ4v) is 3.76. The maximum Gasteiger partial charge on any atom is 0.338 e. The summed E-state index contributed by atoms with van der Waals surface area (Å²) in [6.07, 6.45) is 0.166. The van der Waals surface area contributed by atoms with Gasteiger partial charge in [-0.05, 0) is 48.9 Å².